The van der Waals surface area contributed by atoms with E-state index in [2.05, 4.69) is 9.97 Å². The van der Waals surface area contributed by atoms with E-state index < -0.39 is 0 Å². The number of carbonyl (C=O) groups excluding carboxylic acids is 2. The second-order valence-electron chi connectivity index (χ2n) is 6.65. The molecule has 0 spiro atoms. The van der Waals surface area contributed by atoms with Crippen molar-refractivity contribution in [2.24, 2.45) is 0 Å². The molecule has 138 valence electrons. The summed E-state index contributed by atoms with van der Waals surface area (Å²) in [5, 5.41) is 1.07. The Bertz CT molecular complexity index is 1010. The van der Waals surface area contributed by atoms with Crippen LogP contribution in [0, 0.1) is 0 Å². The topological polar surface area (TPSA) is 68.1 Å². The van der Waals surface area contributed by atoms with Crippen LogP contribution in [0.4, 0.5) is 0 Å². The SMILES string of the molecule is O=C(c1cc(Cl)ncn1)c1cn(CCC(=O)N2CCCC2)c2ccccc12. The summed E-state index contributed by atoms with van der Waals surface area (Å²) < 4.78 is 1.97. The van der Waals surface area contributed by atoms with Gasteiger partial charge in [0.25, 0.3) is 0 Å². The number of halogens is 1. The molecule has 2 aromatic heterocycles. The molecule has 0 atom stereocenters. The molecule has 0 radical (unpaired) electrons. The van der Waals surface area contributed by atoms with Gasteiger partial charge in [-0.1, -0.05) is 29.8 Å². The van der Waals surface area contributed by atoms with Gasteiger partial charge in [0.05, 0.1) is 0 Å². The van der Waals surface area contributed by atoms with Crippen molar-refractivity contribution in [3.63, 3.8) is 0 Å². The van der Waals surface area contributed by atoms with Crippen molar-refractivity contribution in [3.05, 3.63) is 59.3 Å². The summed E-state index contributed by atoms with van der Waals surface area (Å²) >= 11 is 5.90. The van der Waals surface area contributed by atoms with Gasteiger partial charge in [0.2, 0.25) is 11.7 Å². The number of benzene rings is 1. The number of nitrogens with zero attached hydrogens (tertiary/aromatic N) is 4. The van der Waals surface area contributed by atoms with E-state index in [0.29, 0.717) is 18.5 Å². The maximum atomic E-state index is 12.9. The number of hydrogen-bond donors (Lipinski definition) is 0. The van der Waals surface area contributed by atoms with Crippen molar-refractivity contribution in [1.82, 2.24) is 19.4 Å². The molecule has 1 aromatic carbocycles. The van der Waals surface area contributed by atoms with Gasteiger partial charge in [-0.15, -0.1) is 0 Å². The number of aryl methyl sites for hydroxylation is 1. The van der Waals surface area contributed by atoms with Gasteiger partial charge in [-0.05, 0) is 18.9 Å². The lowest BCUT2D eigenvalue weighted by molar-refractivity contribution is -0.130. The van der Waals surface area contributed by atoms with E-state index in [1.807, 2.05) is 33.7 Å². The van der Waals surface area contributed by atoms with Crippen LogP contribution in [0.25, 0.3) is 10.9 Å². The highest BCUT2D eigenvalue weighted by Gasteiger charge is 2.20. The maximum absolute atomic E-state index is 12.9. The fourth-order valence-electron chi connectivity index (χ4n) is 3.55. The van der Waals surface area contributed by atoms with Gasteiger partial charge in [0.15, 0.2) is 0 Å². The zero-order chi connectivity index (χ0) is 18.8. The van der Waals surface area contributed by atoms with Crippen molar-refractivity contribution in [1.29, 1.82) is 0 Å². The van der Waals surface area contributed by atoms with E-state index in [-0.39, 0.29) is 22.5 Å². The van der Waals surface area contributed by atoms with Crippen LogP contribution in [-0.2, 0) is 11.3 Å². The fraction of sp³-hybridized carbons (Fsp3) is 0.300. The summed E-state index contributed by atoms with van der Waals surface area (Å²) in [6, 6.07) is 9.15. The van der Waals surface area contributed by atoms with Crippen LogP contribution in [-0.4, -0.2) is 44.2 Å². The van der Waals surface area contributed by atoms with E-state index in [1.54, 1.807) is 6.20 Å². The van der Waals surface area contributed by atoms with E-state index in [1.165, 1.54) is 12.4 Å². The Morgan fingerprint density at radius 1 is 1.11 bits per heavy atom. The molecule has 6 nitrogen and oxygen atoms in total. The lowest BCUT2D eigenvalue weighted by Gasteiger charge is -2.15. The van der Waals surface area contributed by atoms with E-state index in [0.717, 1.165) is 36.8 Å². The largest absolute Gasteiger partial charge is 0.346 e. The number of aromatic nitrogens is 3. The van der Waals surface area contributed by atoms with Crippen LogP contribution in [0.1, 0.15) is 35.3 Å². The lowest BCUT2D eigenvalue weighted by Crippen LogP contribution is -2.28. The summed E-state index contributed by atoms with van der Waals surface area (Å²) in [7, 11) is 0. The maximum Gasteiger partial charge on any atom is 0.224 e. The van der Waals surface area contributed by atoms with Gasteiger partial charge in [-0.25, -0.2) is 9.97 Å². The van der Waals surface area contributed by atoms with Crippen molar-refractivity contribution in [2.75, 3.05) is 13.1 Å². The molecule has 1 saturated heterocycles. The van der Waals surface area contributed by atoms with E-state index >= 15 is 0 Å². The molecule has 1 fully saturated rings. The molecule has 0 saturated carbocycles. The van der Waals surface area contributed by atoms with Crippen LogP contribution < -0.4 is 0 Å². The summed E-state index contributed by atoms with van der Waals surface area (Å²) in [5.41, 5.74) is 1.73. The van der Waals surface area contributed by atoms with Crippen LogP contribution in [0.3, 0.4) is 0 Å². The average molecular weight is 383 g/mol. The van der Waals surface area contributed by atoms with Crippen LogP contribution in [0.15, 0.2) is 42.9 Å². The highest BCUT2D eigenvalue weighted by atomic mass is 35.5. The van der Waals surface area contributed by atoms with Crippen LogP contribution in [0.5, 0.6) is 0 Å². The van der Waals surface area contributed by atoms with Crippen LogP contribution >= 0.6 is 11.6 Å². The number of carbonyl (C=O) groups is 2. The number of likely N-dealkylation sites (tertiary alicyclic amines) is 1. The minimum Gasteiger partial charge on any atom is -0.346 e. The number of fused-ring (bicyclic) bond motifs is 1. The Labute approximate surface area is 161 Å². The fourth-order valence-corrected chi connectivity index (χ4v) is 3.70. The lowest BCUT2D eigenvalue weighted by atomic mass is 10.1. The van der Waals surface area contributed by atoms with Crippen molar-refractivity contribution in [2.45, 2.75) is 25.8 Å². The molecule has 0 N–H and O–H groups in total. The molecule has 4 rings (SSSR count). The van der Waals surface area contributed by atoms with Gasteiger partial charge in [-0.3, -0.25) is 9.59 Å². The quantitative estimate of drug-likeness (QED) is 0.501. The van der Waals surface area contributed by atoms with Gasteiger partial charge in [0.1, 0.15) is 17.2 Å². The molecule has 3 heterocycles. The third-order valence-electron chi connectivity index (χ3n) is 4.92. The Morgan fingerprint density at radius 3 is 2.67 bits per heavy atom. The first kappa shape index (κ1) is 17.7. The number of ketones is 1. The van der Waals surface area contributed by atoms with Gasteiger partial charge >= 0.3 is 0 Å². The monoisotopic (exact) mass is 382 g/mol. The molecule has 0 unspecified atom stereocenters. The average Bonchev–Trinajstić information content (AvgIpc) is 3.34. The molecular weight excluding hydrogens is 364 g/mol. The third-order valence-corrected chi connectivity index (χ3v) is 5.13. The highest BCUT2D eigenvalue weighted by Crippen LogP contribution is 2.24. The van der Waals surface area contributed by atoms with Gasteiger partial charge in [0, 0.05) is 54.8 Å². The first-order valence-electron chi connectivity index (χ1n) is 9.01. The minimum absolute atomic E-state index is 0.167. The molecule has 27 heavy (non-hydrogen) atoms. The third kappa shape index (κ3) is 3.57. The Kier molecular flexibility index (Phi) is 4.90. The first-order chi connectivity index (χ1) is 13.1. The molecule has 1 aliphatic rings. The zero-order valence-corrected chi connectivity index (χ0v) is 15.5. The zero-order valence-electron chi connectivity index (χ0n) is 14.8. The van der Waals surface area contributed by atoms with Crippen molar-refractivity contribution in [3.8, 4) is 0 Å². The predicted octanol–water partition coefficient (Wildman–Crippen LogP) is 3.33. The van der Waals surface area contributed by atoms with Crippen molar-refractivity contribution >= 4 is 34.2 Å². The summed E-state index contributed by atoms with van der Waals surface area (Å²) in [6.45, 7) is 2.24. The van der Waals surface area contributed by atoms with Crippen LogP contribution in [0.2, 0.25) is 5.15 Å². The number of amides is 1. The Morgan fingerprint density at radius 2 is 1.89 bits per heavy atom. The Balaban J connectivity index is 1.62. The molecule has 3 aromatic rings. The molecule has 1 aliphatic heterocycles. The van der Waals surface area contributed by atoms with E-state index in [4.69, 9.17) is 11.6 Å². The smallest absolute Gasteiger partial charge is 0.224 e. The molecular formula is C20H19ClN4O2. The molecule has 0 aliphatic carbocycles. The van der Waals surface area contributed by atoms with Crippen molar-refractivity contribution < 1.29 is 9.59 Å². The summed E-state index contributed by atoms with van der Waals surface area (Å²) in [6.07, 6.45) is 5.67. The summed E-state index contributed by atoms with van der Waals surface area (Å²) in [5.74, 6) is -0.0409. The standard InChI is InChI=1S/C20H19ClN4O2/c21-18-11-16(22-13-23-18)20(27)15-12-25(17-6-2-1-5-14(15)17)10-7-19(26)24-8-3-4-9-24/h1-2,5-6,11-13H,3-4,7-10H2. The predicted molar refractivity (Wildman–Crippen MR) is 103 cm³/mol. The van der Waals surface area contributed by atoms with E-state index in [9.17, 15) is 9.59 Å². The normalized spacial score (nSPS) is 14.0. The number of hydrogen-bond acceptors (Lipinski definition) is 4. The second-order valence-corrected chi connectivity index (χ2v) is 7.03. The van der Waals surface area contributed by atoms with Gasteiger partial charge < -0.3 is 9.47 Å². The molecule has 1 amide bonds. The number of para-hydroxylation sites is 1. The Hall–Kier alpha value is -2.73. The number of rotatable bonds is 5. The van der Waals surface area contributed by atoms with Gasteiger partial charge in [-0.2, -0.15) is 0 Å². The first-order valence-corrected chi connectivity index (χ1v) is 9.39. The minimum atomic E-state index is -0.208. The summed E-state index contributed by atoms with van der Waals surface area (Å²) in [4.78, 5) is 35.1. The molecule has 7 heteroatoms. The highest BCUT2D eigenvalue weighted by molar-refractivity contribution is 6.30. The second kappa shape index (κ2) is 7.48. The molecule has 0 bridgehead atoms.